The molecule has 4 atom stereocenters. The molecule has 0 bridgehead atoms. The normalized spacial score (nSPS) is 26.8. The van der Waals surface area contributed by atoms with Crippen molar-refractivity contribution in [3.63, 3.8) is 0 Å². The number of aromatic hydroxyl groups is 1. The summed E-state index contributed by atoms with van der Waals surface area (Å²) in [5.41, 5.74) is 6.41. The van der Waals surface area contributed by atoms with Crippen LogP contribution in [0.3, 0.4) is 0 Å². The molecule has 32 heavy (non-hydrogen) atoms. The number of amides is 2. The van der Waals surface area contributed by atoms with Crippen LogP contribution < -0.4 is 11.1 Å². The summed E-state index contributed by atoms with van der Waals surface area (Å²) in [6, 6.07) is 3.21. The third kappa shape index (κ3) is 4.91. The summed E-state index contributed by atoms with van der Waals surface area (Å²) >= 11 is 1.35. The molecule has 1 aliphatic carbocycles. The van der Waals surface area contributed by atoms with Gasteiger partial charge in [0.25, 0.3) is 0 Å². The molecule has 3 aliphatic rings. The first-order valence-electron chi connectivity index (χ1n) is 10.6. The third-order valence-corrected chi connectivity index (χ3v) is 7.49. The van der Waals surface area contributed by atoms with Crippen LogP contribution in [0.5, 0.6) is 5.75 Å². The molecule has 10 heteroatoms. The van der Waals surface area contributed by atoms with Crippen LogP contribution in [0.1, 0.15) is 57.6 Å². The number of β-lactam (4-membered cyclic amide) rings is 1. The second-order valence-corrected chi connectivity index (χ2v) is 10.5. The zero-order chi connectivity index (χ0) is 23.6. The number of carboxylic acids is 1. The van der Waals surface area contributed by atoms with Gasteiger partial charge in [-0.3, -0.25) is 14.4 Å². The Hall–Kier alpha value is -2.59. The molecule has 1 aromatic rings. The number of phenols is 1. The first-order chi connectivity index (χ1) is 15.0. The van der Waals surface area contributed by atoms with Crippen LogP contribution in [0.25, 0.3) is 0 Å². The number of nitrogens with zero attached hydrogens (tertiary/aromatic N) is 1. The van der Waals surface area contributed by atoms with E-state index in [1.54, 1.807) is 13.8 Å². The molecule has 2 heterocycles. The summed E-state index contributed by atoms with van der Waals surface area (Å²) in [7, 11) is 0. The van der Waals surface area contributed by atoms with Gasteiger partial charge in [0.15, 0.2) is 0 Å². The molecule has 2 saturated heterocycles. The summed E-state index contributed by atoms with van der Waals surface area (Å²) < 4.78 is -0.648. The van der Waals surface area contributed by atoms with E-state index in [-0.39, 0.29) is 5.75 Å². The van der Waals surface area contributed by atoms with Crippen molar-refractivity contribution < 1.29 is 29.4 Å². The number of rotatable bonds is 4. The molecule has 0 radical (unpaired) electrons. The van der Waals surface area contributed by atoms with Crippen LogP contribution in [-0.4, -0.2) is 60.9 Å². The van der Waals surface area contributed by atoms with E-state index >= 15 is 0 Å². The predicted octanol–water partition coefficient (Wildman–Crippen LogP) is 1.54. The van der Waals surface area contributed by atoms with Gasteiger partial charge >= 0.3 is 5.97 Å². The lowest BCUT2D eigenvalue weighted by molar-refractivity contribution is -0.161. The number of nitrogens with one attached hydrogen (secondary N) is 1. The molecule has 2 aliphatic heterocycles. The van der Waals surface area contributed by atoms with Crippen molar-refractivity contribution in [3.8, 4) is 5.75 Å². The number of thioether (sulfide) groups is 1. The molecule has 2 amide bonds. The van der Waals surface area contributed by atoms with Crippen molar-refractivity contribution in [3.05, 3.63) is 29.8 Å². The minimum absolute atomic E-state index is 0.0606. The number of carbonyl (C=O) groups is 4. The number of fused-ring (bicyclic) bond motifs is 1. The van der Waals surface area contributed by atoms with Crippen molar-refractivity contribution >= 4 is 35.3 Å². The standard InChI is InChI=1S/C16H19N3O5S.C6H10O/c1-16(2)11(15(23)24)19-13(22)10(14(19)25-16)18-12(21)9(17)7-3-5-8(20)6-4-7;7-6-4-2-1-3-5-6/h3-6,9-11,14,20H,17H2,1-2H3,(H,18,21)(H,23,24);1-5H2/t9?,10-,11+,14-;/m1./s1. The molecular weight excluding hydrogens is 434 g/mol. The Labute approximate surface area is 190 Å². The van der Waals surface area contributed by atoms with Crippen LogP contribution >= 0.6 is 11.8 Å². The number of phenolic OH excluding ortho intramolecular Hbond substituents is 1. The molecule has 174 valence electrons. The average Bonchev–Trinajstić information content (AvgIpc) is 3.01. The maximum absolute atomic E-state index is 12.3. The molecule has 1 unspecified atom stereocenters. The van der Waals surface area contributed by atoms with Crippen molar-refractivity contribution in [2.75, 3.05) is 0 Å². The van der Waals surface area contributed by atoms with E-state index in [1.807, 2.05) is 0 Å². The number of ketones is 1. The third-order valence-electron chi connectivity index (χ3n) is 5.92. The quantitative estimate of drug-likeness (QED) is 0.491. The topological polar surface area (TPSA) is 150 Å². The molecule has 0 aromatic heterocycles. The fourth-order valence-electron chi connectivity index (χ4n) is 4.17. The largest absolute Gasteiger partial charge is 0.508 e. The number of aliphatic carboxylic acids is 1. The minimum Gasteiger partial charge on any atom is -0.508 e. The Morgan fingerprint density at radius 3 is 2.25 bits per heavy atom. The molecule has 1 aromatic carbocycles. The highest BCUT2D eigenvalue weighted by Crippen LogP contribution is 2.50. The first kappa shape index (κ1) is 24.1. The Bertz CT molecular complexity index is 895. The van der Waals surface area contributed by atoms with Crippen molar-refractivity contribution in [2.24, 2.45) is 5.73 Å². The lowest BCUT2D eigenvalue weighted by Crippen LogP contribution is -2.71. The lowest BCUT2D eigenvalue weighted by Gasteiger charge is -2.43. The Morgan fingerprint density at radius 2 is 1.75 bits per heavy atom. The van der Waals surface area contributed by atoms with Crippen LogP contribution in [0.4, 0.5) is 0 Å². The van der Waals surface area contributed by atoms with E-state index in [0.29, 0.717) is 11.3 Å². The summed E-state index contributed by atoms with van der Waals surface area (Å²) in [6.45, 7) is 3.53. The van der Waals surface area contributed by atoms with E-state index in [1.165, 1.54) is 47.3 Å². The van der Waals surface area contributed by atoms with Gasteiger partial charge in [0, 0.05) is 17.6 Å². The monoisotopic (exact) mass is 463 g/mol. The Kier molecular flexibility index (Phi) is 7.14. The van der Waals surface area contributed by atoms with Crippen LogP contribution in [0, 0.1) is 0 Å². The van der Waals surface area contributed by atoms with E-state index in [2.05, 4.69) is 5.32 Å². The van der Waals surface area contributed by atoms with Crippen LogP contribution in [0.2, 0.25) is 0 Å². The molecule has 9 nitrogen and oxygen atoms in total. The van der Waals surface area contributed by atoms with Crippen molar-refractivity contribution in [2.45, 2.75) is 74.2 Å². The SMILES string of the molecule is CC1(C)S[C@@H]2[C@H](NC(=O)C(N)c3ccc(O)cc3)C(=O)N2[C@H]1C(=O)O.O=C1CCCCC1. The number of nitrogens with two attached hydrogens (primary N) is 1. The molecule has 4 rings (SSSR count). The van der Waals surface area contributed by atoms with Gasteiger partial charge in [0.2, 0.25) is 11.8 Å². The summed E-state index contributed by atoms with van der Waals surface area (Å²) in [4.78, 5) is 47.9. The number of carboxylic acid groups (broad SMARTS) is 1. The van der Waals surface area contributed by atoms with Gasteiger partial charge in [-0.1, -0.05) is 18.6 Å². The van der Waals surface area contributed by atoms with E-state index in [0.717, 1.165) is 25.7 Å². The van der Waals surface area contributed by atoms with Gasteiger partial charge < -0.3 is 26.2 Å². The highest BCUT2D eigenvalue weighted by molar-refractivity contribution is 8.01. The fourth-order valence-corrected chi connectivity index (χ4v) is 5.79. The fraction of sp³-hybridized carbons (Fsp3) is 0.545. The van der Waals surface area contributed by atoms with Gasteiger partial charge in [0.1, 0.15) is 35.0 Å². The van der Waals surface area contributed by atoms with Gasteiger partial charge in [-0.05, 0) is 44.4 Å². The molecule has 1 saturated carbocycles. The van der Waals surface area contributed by atoms with Crippen LogP contribution in [-0.2, 0) is 19.2 Å². The van der Waals surface area contributed by atoms with Gasteiger partial charge in [-0.15, -0.1) is 11.8 Å². The molecule has 0 spiro atoms. The van der Waals surface area contributed by atoms with Crippen LogP contribution in [0.15, 0.2) is 24.3 Å². The van der Waals surface area contributed by atoms with E-state index in [4.69, 9.17) is 5.73 Å². The van der Waals surface area contributed by atoms with Gasteiger partial charge in [0.05, 0.1) is 0 Å². The highest BCUT2D eigenvalue weighted by atomic mass is 32.2. The predicted molar refractivity (Wildman–Crippen MR) is 119 cm³/mol. The van der Waals surface area contributed by atoms with Crippen molar-refractivity contribution in [1.29, 1.82) is 0 Å². The number of Topliss-reactive ketones (excluding diaryl/α,β-unsaturated/α-hetero) is 1. The highest BCUT2D eigenvalue weighted by Gasteiger charge is 2.64. The summed E-state index contributed by atoms with van der Waals surface area (Å²) in [6.07, 6.45) is 5.24. The average molecular weight is 464 g/mol. The lowest BCUT2D eigenvalue weighted by atomic mass is 9.95. The summed E-state index contributed by atoms with van der Waals surface area (Å²) in [5.74, 6) is -1.47. The number of carbonyl (C=O) groups excluding carboxylic acids is 3. The maximum Gasteiger partial charge on any atom is 0.327 e. The second kappa shape index (κ2) is 9.50. The Balaban J connectivity index is 0.000000352. The second-order valence-electron chi connectivity index (χ2n) is 8.75. The van der Waals surface area contributed by atoms with Crippen molar-refractivity contribution in [1.82, 2.24) is 10.2 Å². The van der Waals surface area contributed by atoms with Gasteiger partial charge in [-0.2, -0.15) is 0 Å². The smallest absolute Gasteiger partial charge is 0.327 e. The molecular formula is C22H29N3O6S. The molecule has 3 fully saturated rings. The van der Waals surface area contributed by atoms with E-state index < -0.39 is 46.0 Å². The zero-order valence-electron chi connectivity index (χ0n) is 18.1. The zero-order valence-corrected chi connectivity index (χ0v) is 18.9. The molecule has 5 N–H and O–H groups in total. The van der Waals surface area contributed by atoms with E-state index in [9.17, 15) is 29.4 Å². The first-order valence-corrected chi connectivity index (χ1v) is 11.5. The van der Waals surface area contributed by atoms with Gasteiger partial charge in [-0.25, -0.2) is 4.79 Å². The minimum atomic E-state index is -1.06. The summed E-state index contributed by atoms with van der Waals surface area (Å²) in [5, 5.41) is 20.9. The Morgan fingerprint density at radius 1 is 1.16 bits per heavy atom. The maximum atomic E-state index is 12.3. The number of benzene rings is 1. The number of hydrogen-bond donors (Lipinski definition) is 4. The number of hydrogen-bond acceptors (Lipinski definition) is 7.